The smallest absolute Gasteiger partial charge is 0.313 e. The summed E-state index contributed by atoms with van der Waals surface area (Å²) in [5.74, 6) is 0.0127. The number of nitrogens with two attached hydrogens (primary N) is 1. The minimum absolute atomic E-state index is 0.0127. The van der Waals surface area contributed by atoms with Gasteiger partial charge in [0.2, 0.25) is 5.95 Å². The van der Waals surface area contributed by atoms with E-state index < -0.39 is 4.92 Å². The summed E-state index contributed by atoms with van der Waals surface area (Å²) in [5, 5.41) is 14.4. The maximum absolute atomic E-state index is 10.8. The highest BCUT2D eigenvalue weighted by Gasteiger charge is 2.20. The largest absolute Gasteiger partial charge is 0.368 e. The molecule has 2 rings (SSSR count). The Bertz CT molecular complexity index is 557. The molecule has 0 fully saturated rings. The number of hydrogen-bond acceptors (Lipinski definition) is 6. The SMILES string of the molecule is Nc1ncc([N+](=O)[O-])c(-c2cscc2Br)n1. The number of nitrogens with zero attached hydrogens (tertiary/aromatic N) is 3. The fourth-order valence-corrected chi connectivity index (χ4v) is 2.64. The van der Waals surface area contributed by atoms with E-state index in [0.29, 0.717) is 5.56 Å². The minimum atomic E-state index is -0.529. The Labute approximate surface area is 102 Å². The highest BCUT2D eigenvalue weighted by atomic mass is 79.9. The number of nitrogen functional groups attached to an aromatic ring is 1. The van der Waals surface area contributed by atoms with Crippen LogP contribution in [0.1, 0.15) is 0 Å². The monoisotopic (exact) mass is 300 g/mol. The zero-order chi connectivity index (χ0) is 11.7. The molecule has 6 nitrogen and oxygen atoms in total. The van der Waals surface area contributed by atoms with Gasteiger partial charge in [0.1, 0.15) is 6.20 Å². The van der Waals surface area contributed by atoms with Gasteiger partial charge < -0.3 is 5.73 Å². The number of rotatable bonds is 2. The quantitative estimate of drug-likeness (QED) is 0.679. The van der Waals surface area contributed by atoms with Crippen molar-refractivity contribution in [3.05, 3.63) is 31.5 Å². The fourth-order valence-electron chi connectivity index (χ4n) is 1.17. The van der Waals surface area contributed by atoms with E-state index in [4.69, 9.17) is 5.73 Å². The maximum Gasteiger partial charge on any atom is 0.313 e. The van der Waals surface area contributed by atoms with Gasteiger partial charge in [-0.05, 0) is 15.9 Å². The van der Waals surface area contributed by atoms with Crippen molar-refractivity contribution >= 4 is 38.9 Å². The van der Waals surface area contributed by atoms with E-state index in [2.05, 4.69) is 25.9 Å². The summed E-state index contributed by atoms with van der Waals surface area (Å²) in [6, 6.07) is 0. The predicted molar refractivity (Wildman–Crippen MR) is 64.1 cm³/mol. The molecule has 0 saturated heterocycles. The van der Waals surface area contributed by atoms with Crippen LogP contribution in [0, 0.1) is 10.1 Å². The third kappa shape index (κ3) is 1.89. The average Bonchev–Trinajstić information content (AvgIpc) is 2.63. The van der Waals surface area contributed by atoms with Crippen molar-refractivity contribution in [3.63, 3.8) is 0 Å². The van der Waals surface area contributed by atoms with Crippen molar-refractivity contribution in [2.24, 2.45) is 0 Å². The van der Waals surface area contributed by atoms with Gasteiger partial charge in [-0.3, -0.25) is 10.1 Å². The van der Waals surface area contributed by atoms with E-state index in [1.165, 1.54) is 11.3 Å². The van der Waals surface area contributed by atoms with Crippen molar-refractivity contribution in [2.45, 2.75) is 0 Å². The van der Waals surface area contributed by atoms with Crippen molar-refractivity contribution in [2.75, 3.05) is 5.73 Å². The van der Waals surface area contributed by atoms with E-state index in [1.807, 2.05) is 5.38 Å². The van der Waals surface area contributed by atoms with Crippen LogP contribution in [0.5, 0.6) is 0 Å². The van der Waals surface area contributed by atoms with Gasteiger partial charge in [-0.15, -0.1) is 0 Å². The third-order valence-electron chi connectivity index (χ3n) is 1.85. The second-order valence-corrected chi connectivity index (χ2v) is 4.45. The van der Waals surface area contributed by atoms with Gasteiger partial charge in [0.15, 0.2) is 5.69 Å². The molecular weight excluding hydrogens is 296 g/mol. The predicted octanol–water partition coefficient (Wildman–Crippen LogP) is 2.46. The molecule has 0 aromatic carbocycles. The second kappa shape index (κ2) is 4.14. The van der Waals surface area contributed by atoms with Crippen LogP contribution < -0.4 is 5.73 Å². The van der Waals surface area contributed by atoms with E-state index >= 15 is 0 Å². The second-order valence-electron chi connectivity index (χ2n) is 2.85. The van der Waals surface area contributed by atoms with Gasteiger partial charge in [0.05, 0.1) is 4.92 Å². The first-order chi connectivity index (χ1) is 7.59. The van der Waals surface area contributed by atoms with E-state index in [9.17, 15) is 10.1 Å². The first-order valence-corrected chi connectivity index (χ1v) is 5.82. The Balaban J connectivity index is 2.67. The van der Waals surface area contributed by atoms with Crippen molar-refractivity contribution in [1.82, 2.24) is 9.97 Å². The summed E-state index contributed by atoms with van der Waals surface area (Å²) in [7, 11) is 0. The molecule has 0 spiro atoms. The van der Waals surface area contributed by atoms with Gasteiger partial charge in [-0.25, -0.2) is 9.97 Å². The van der Waals surface area contributed by atoms with Crippen LogP contribution in [-0.2, 0) is 0 Å². The van der Waals surface area contributed by atoms with Crippen molar-refractivity contribution < 1.29 is 4.92 Å². The first kappa shape index (κ1) is 11.0. The highest BCUT2D eigenvalue weighted by Crippen LogP contribution is 2.35. The summed E-state index contributed by atoms with van der Waals surface area (Å²) in [5.41, 5.74) is 6.14. The lowest BCUT2D eigenvalue weighted by molar-refractivity contribution is -0.384. The summed E-state index contributed by atoms with van der Waals surface area (Å²) < 4.78 is 0.749. The maximum atomic E-state index is 10.8. The van der Waals surface area contributed by atoms with Crippen LogP contribution in [0.15, 0.2) is 21.4 Å². The Kier molecular flexibility index (Phi) is 2.84. The summed E-state index contributed by atoms with van der Waals surface area (Å²) in [6.45, 7) is 0. The zero-order valence-electron chi connectivity index (χ0n) is 7.75. The molecule has 0 unspecified atom stereocenters. The number of anilines is 1. The average molecular weight is 301 g/mol. The molecule has 82 valence electrons. The highest BCUT2D eigenvalue weighted by molar-refractivity contribution is 9.10. The number of halogens is 1. The normalized spacial score (nSPS) is 10.3. The Morgan fingerprint density at radius 2 is 2.25 bits per heavy atom. The van der Waals surface area contributed by atoms with Crippen molar-refractivity contribution in [3.8, 4) is 11.3 Å². The molecule has 8 heteroatoms. The van der Waals surface area contributed by atoms with Crippen LogP contribution in [-0.4, -0.2) is 14.9 Å². The van der Waals surface area contributed by atoms with Crippen LogP contribution in [0.4, 0.5) is 11.6 Å². The molecule has 16 heavy (non-hydrogen) atoms. The molecule has 2 N–H and O–H groups in total. The molecule has 0 aliphatic carbocycles. The van der Waals surface area contributed by atoms with Crippen LogP contribution >= 0.6 is 27.3 Å². The molecule has 0 atom stereocenters. The lowest BCUT2D eigenvalue weighted by Crippen LogP contribution is -2.00. The molecule has 0 aliphatic heterocycles. The van der Waals surface area contributed by atoms with Gasteiger partial charge in [-0.2, -0.15) is 11.3 Å². The van der Waals surface area contributed by atoms with Gasteiger partial charge in [0, 0.05) is 20.8 Å². The lowest BCUT2D eigenvalue weighted by Gasteiger charge is -2.01. The molecule has 0 saturated carbocycles. The minimum Gasteiger partial charge on any atom is -0.368 e. The van der Waals surface area contributed by atoms with Gasteiger partial charge in [0.25, 0.3) is 0 Å². The van der Waals surface area contributed by atoms with Crippen LogP contribution in [0.3, 0.4) is 0 Å². The molecule has 2 aromatic rings. The lowest BCUT2D eigenvalue weighted by atomic mass is 10.2. The number of aromatic nitrogens is 2. The van der Waals surface area contributed by atoms with Gasteiger partial charge in [-0.1, -0.05) is 0 Å². The third-order valence-corrected chi connectivity index (χ3v) is 3.56. The van der Waals surface area contributed by atoms with E-state index in [1.54, 1.807) is 5.38 Å². The van der Waals surface area contributed by atoms with E-state index in [-0.39, 0.29) is 17.3 Å². The molecule has 2 aromatic heterocycles. The summed E-state index contributed by atoms with van der Waals surface area (Å²) >= 11 is 4.71. The number of thiophene rings is 1. The zero-order valence-corrected chi connectivity index (χ0v) is 10.2. The topological polar surface area (TPSA) is 94.9 Å². The molecule has 0 bridgehead atoms. The molecule has 2 heterocycles. The van der Waals surface area contributed by atoms with Crippen LogP contribution in [0.25, 0.3) is 11.3 Å². The fraction of sp³-hybridized carbons (Fsp3) is 0. The van der Waals surface area contributed by atoms with E-state index in [0.717, 1.165) is 10.7 Å². The molecule has 0 aliphatic rings. The number of hydrogen-bond donors (Lipinski definition) is 1. The number of nitro groups is 1. The Morgan fingerprint density at radius 3 is 2.81 bits per heavy atom. The Hall–Kier alpha value is -1.54. The first-order valence-electron chi connectivity index (χ1n) is 4.08. The molecular formula is C8H5BrN4O2S. The Morgan fingerprint density at radius 1 is 1.50 bits per heavy atom. The summed E-state index contributed by atoms with van der Waals surface area (Å²) in [4.78, 5) is 17.8. The van der Waals surface area contributed by atoms with Crippen LogP contribution in [0.2, 0.25) is 0 Å². The molecule has 0 radical (unpaired) electrons. The standard InChI is InChI=1S/C8H5BrN4O2S/c9-5-3-16-2-4(5)7-6(13(14)15)1-11-8(10)12-7/h1-3H,(H2,10,11,12). The van der Waals surface area contributed by atoms with Crippen molar-refractivity contribution in [1.29, 1.82) is 0 Å². The summed E-state index contributed by atoms with van der Waals surface area (Å²) in [6.07, 6.45) is 1.11. The van der Waals surface area contributed by atoms with Gasteiger partial charge >= 0.3 is 5.69 Å². The molecule has 0 amide bonds.